The lowest BCUT2D eigenvalue weighted by molar-refractivity contribution is -0.146. The molecule has 1 amide bonds. The van der Waals surface area contributed by atoms with Gasteiger partial charge in [-0.1, -0.05) is 12.1 Å². The molecule has 0 unspecified atom stereocenters. The van der Waals surface area contributed by atoms with Gasteiger partial charge < -0.3 is 10.0 Å². The van der Waals surface area contributed by atoms with Gasteiger partial charge in [-0.3, -0.25) is 14.5 Å². The molecule has 1 N–H and O–H groups in total. The highest BCUT2D eigenvalue weighted by Crippen LogP contribution is 2.43. The van der Waals surface area contributed by atoms with E-state index in [1.807, 2.05) is 16.9 Å². The third-order valence-corrected chi connectivity index (χ3v) is 6.20. The Balaban J connectivity index is 1.41. The van der Waals surface area contributed by atoms with Crippen molar-refractivity contribution in [1.29, 1.82) is 0 Å². The maximum Gasteiger partial charge on any atom is 0.309 e. The third-order valence-electron chi connectivity index (χ3n) is 6.20. The Hall–Kier alpha value is -2.67. The van der Waals surface area contributed by atoms with Crippen LogP contribution in [0.3, 0.4) is 0 Å². The van der Waals surface area contributed by atoms with Crippen LogP contribution in [0.2, 0.25) is 0 Å². The summed E-state index contributed by atoms with van der Waals surface area (Å²) in [5.74, 6) is -1.49. The summed E-state index contributed by atoms with van der Waals surface area (Å²) in [6.45, 7) is 2.41. The van der Waals surface area contributed by atoms with Gasteiger partial charge in [0.15, 0.2) is 0 Å². The number of carboxylic acids is 1. The van der Waals surface area contributed by atoms with E-state index in [0.717, 1.165) is 25.3 Å². The van der Waals surface area contributed by atoms with Crippen LogP contribution < -0.4 is 0 Å². The van der Waals surface area contributed by atoms with Crippen molar-refractivity contribution >= 4 is 11.9 Å². The van der Waals surface area contributed by atoms with Crippen molar-refractivity contribution in [2.24, 2.45) is 5.92 Å². The Morgan fingerprint density at radius 3 is 2.56 bits per heavy atom. The first-order chi connectivity index (χ1) is 13.0. The Kier molecular flexibility index (Phi) is 4.47. The number of likely N-dealkylation sites (tertiary alicyclic amines) is 2. The molecule has 7 heteroatoms. The molecule has 0 bridgehead atoms. The van der Waals surface area contributed by atoms with E-state index in [4.69, 9.17) is 0 Å². The number of aromatic nitrogens is 2. The fourth-order valence-corrected chi connectivity index (χ4v) is 4.52. The molecule has 0 aliphatic carbocycles. The number of carbonyl (C=O) groups excluding carboxylic acids is 1. The van der Waals surface area contributed by atoms with Crippen molar-refractivity contribution in [3.8, 4) is 5.69 Å². The molecule has 3 heterocycles. The minimum absolute atomic E-state index is 0.0509. The van der Waals surface area contributed by atoms with Gasteiger partial charge in [-0.05, 0) is 36.6 Å². The number of carbonyl (C=O) groups is 2. The molecule has 2 saturated heterocycles. The monoisotopic (exact) mass is 368 g/mol. The van der Waals surface area contributed by atoms with Crippen LogP contribution in [-0.2, 0) is 16.1 Å². The number of amides is 1. The normalized spacial score (nSPS) is 22.5. The van der Waals surface area contributed by atoms with E-state index in [1.54, 1.807) is 18.1 Å². The fraction of sp³-hybridized carbons (Fsp3) is 0.450. The maximum absolute atomic E-state index is 12.1. The van der Waals surface area contributed by atoms with Crippen LogP contribution >= 0.6 is 0 Å². The van der Waals surface area contributed by atoms with Gasteiger partial charge in [0.2, 0.25) is 5.91 Å². The number of hydrogen-bond donors (Lipinski definition) is 1. The number of hydrogen-bond acceptors (Lipinski definition) is 4. The molecule has 2 fully saturated rings. The van der Waals surface area contributed by atoms with Crippen LogP contribution in [0.1, 0.15) is 24.8 Å². The minimum Gasteiger partial charge on any atom is -0.481 e. The molecule has 4 rings (SSSR count). The van der Waals surface area contributed by atoms with Gasteiger partial charge in [-0.2, -0.15) is 5.10 Å². The average Bonchev–Trinajstić information content (AvgIpc) is 3.28. The van der Waals surface area contributed by atoms with Crippen molar-refractivity contribution in [1.82, 2.24) is 19.6 Å². The molecule has 0 saturated carbocycles. The van der Waals surface area contributed by atoms with E-state index in [1.165, 1.54) is 5.56 Å². The Bertz CT molecular complexity index is 823. The van der Waals surface area contributed by atoms with Crippen LogP contribution in [0.25, 0.3) is 5.69 Å². The number of benzene rings is 1. The van der Waals surface area contributed by atoms with Gasteiger partial charge in [-0.15, -0.1) is 0 Å². The summed E-state index contributed by atoms with van der Waals surface area (Å²) in [7, 11) is 1.76. The molecule has 1 aromatic carbocycles. The highest BCUT2D eigenvalue weighted by atomic mass is 16.4. The largest absolute Gasteiger partial charge is 0.481 e. The lowest BCUT2D eigenvalue weighted by Crippen LogP contribution is -2.55. The van der Waals surface area contributed by atoms with Crippen molar-refractivity contribution in [3.05, 3.63) is 48.3 Å². The van der Waals surface area contributed by atoms with Gasteiger partial charge >= 0.3 is 5.97 Å². The predicted octanol–water partition coefficient (Wildman–Crippen LogP) is 1.77. The van der Waals surface area contributed by atoms with E-state index >= 15 is 0 Å². The van der Waals surface area contributed by atoms with Gasteiger partial charge in [-0.25, -0.2) is 4.68 Å². The second-order valence-corrected chi connectivity index (χ2v) is 7.54. The SMILES string of the molecule is CN1C(=O)C[C@H](C(=O)O)C12CCN(Cc1ccc(-n3cccn3)cc1)CC2. The van der Waals surface area contributed by atoms with Crippen molar-refractivity contribution in [2.45, 2.75) is 31.3 Å². The van der Waals surface area contributed by atoms with E-state index < -0.39 is 17.4 Å². The molecule has 2 aliphatic rings. The Labute approximate surface area is 158 Å². The molecule has 142 valence electrons. The maximum atomic E-state index is 12.1. The highest BCUT2D eigenvalue weighted by Gasteiger charge is 2.55. The molecule has 1 atom stereocenters. The van der Waals surface area contributed by atoms with E-state index in [0.29, 0.717) is 12.8 Å². The van der Waals surface area contributed by atoms with Gasteiger partial charge in [0.1, 0.15) is 0 Å². The number of rotatable bonds is 4. The first-order valence-electron chi connectivity index (χ1n) is 9.30. The topological polar surface area (TPSA) is 78.7 Å². The molecule has 1 spiro atoms. The van der Waals surface area contributed by atoms with Crippen molar-refractivity contribution in [2.75, 3.05) is 20.1 Å². The van der Waals surface area contributed by atoms with Crippen molar-refractivity contribution < 1.29 is 14.7 Å². The van der Waals surface area contributed by atoms with Crippen LogP contribution in [0.15, 0.2) is 42.7 Å². The first-order valence-corrected chi connectivity index (χ1v) is 9.30. The predicted molar refractivity (Wildman–Crippen MR) is 99.3 cm³/mol. The van der Waals surface area contributed by atoms with E-state index in [9.17, 15) is 14.7 Å². The number of aliphatic carboxylic acids is 1. The zero-order valence-electron chi connectivity index (χ0n) is 15.4. The summed E-state index contributed by atoms with van der Waals surface area (Å²) in [5, 5.41) is 13.8. The van der Waals surface area contributed by atoms with Crippen molar-refractivity contribution in [3.63, 3.8) is 0 Å². The molecule has 2 aromatic rings. The highest BCUT2D eigenvalue weighted by molar-refractivity contribution is 5.88. The molecule has 0 radical (unpaired) electrons. The average molecular weight is 368 g/mol. The Morgan fingerprint density at radius 2 is 1.96 bits per heavy atom. The molecule has 7 nitrogen and oxygen atoms in total. The second-order valence-electron chi connectivity index (χ2n) is 7.54. The minimum atomic E-state index is -0.852. The number of carboxylic acid groups (broad SMARTS) is 1. The summed E-state index contributed by atoms with van der Waals surface area (Å²) < 4.78 is 1.83. The summed E-state index contributed by atoms with van der Waals surface area (Å²) in [4.78, 5) is 27.8. The van der Waals surface area contributed by atoms with E-state index in [2.05, 4.69) is 34.3 Å². The smallest absolute Gasteiger partial charge is 0.309 e. The number of piperidine rings is 1. The summed E-state index contributed by atoms with van der Waals surface area (Å²) in [6, 6.07) is 10.2. The van der Waals surface area contributed by atoms with Crippen LogP contribution in [-0.4, -0.2) is 62.2 Å². The third kappa shape index (κ3) is 3.12. The molecular formula is C20H24N4O3. The van der Waals surface area contributed by atoms with Gasteiger partial charge in [0.05, 0.1) is 17.1 Å². The lowest BCUT2D eigenvalue weighted by atomic mass is 9.77. The molecule has 2 aliphatic heterocycles. The lowest BCUT2D eigenvalue weighted by Gasteiger charge is -2.45. The second kappa shape index (κ2) is 6.81. The van der Waals surface area contributed by atoms with E-state index in [-0.39, 0.29) is 12.3 Å². The molecule has 1 aromatic heterocycles. The quantitative estimate of drug-likeness (QED) is 0.890. The summed E-state index contributed by atoms with van der Waals surface area (Å²) in [5.41, 5.74) is 1.72. The fourth-order valence-electron chi connectivity index (χ4n) is 4.52. The van der Waals surface area contributed by atoms with Crippen LogP contribution in [0.4, 0.5) is 0 Å². The molecule has 27 heavy (non-hydrogen) atoms. The Morgan fingerprint density at radius 1 is 1.26 bits per heavy atom. The standard InChI is InChI=1S/C20H24N4O3/c1-22-18(25)13-17(19(26)27)20(22)7-11-23(12-8-20)14-15-3-5-16(6-4-15)24-10-2-9-21-24/h2-6,9-10,17H,7-8,11-14H2,1H3,(H,26,27)/t17-/m1/s1. The first kappa shape index (κ1) is 17.7. The summed E-state index contributed by atoms with van der Waals surface area (Å²) >= 11 is 0. The summed E-state index contributed by atoms with van der Waals surface area (Å²) in [6.07, 6.45) is 5.21. The van der Waals surface area contributed by atoms with Crippen LogP contribution in [0.5, 0.6) is 0 Å². The zero-order valence-corrected chi connectivity index (χ0v) is 15.4. The molecular weight excluding hydrogens is 344 g/mol. The van der Waals surface area contributed by atoms with Crippen LogP contribution in [0, 0.1) is 5.92 Å². The zero-order chi connectivity index (χ0) is 19.0. The van der Waals surface area contributed by atoms with Gasteiger partial charge in [0, 0.05) is 45.5 Å². The number of nitrogens with zero attached hydrogens (tertiary/aromatic N) is 4. The van der Waals surface area contributed by atoms with Gasteiger partial charge in [0.25, 0.3) is 0 Å².